The quantitative estimate of drug-likeness (QED) is 0.548. The molecular weight excluding hydrogens is 342 g/mol. The fourth-order valence-electron chi connectivity index (χ4n) is 2.29. The summed E-state index contributed by atoms with van der Waals surface area (Å²) in [7, 11) is 0. The first-order chi connectivity index (χ1) is 12.4. The highest BCUT2D eigenvalue weighted by Gasteiger charge is 2.40. The van der Waals surface area contributed by atoms with Crippen LogP contribution in [0.4, 0.5) is 0 Å². The molecule has 0 saturated heterocycles. The summed E-state index contributed by atoms with van der Waals surface area (Å²) in [4.78, 5) is 24.8. The highest BCUT2D eigenvalue weighted by Crippen LogP contribution is 2.30. The molecule has 1 aromatic rings. The molecule has 0 aliphatic heterocycles. The van der Waals surface area contributed by atoms with Crippen LogP contribution in [0.5, 0.6) is 0 Å². The van der Waals surface area contributed by atoms with Gasteiger partial charge in [-0.1, -0.05) is 30.3 Å². The van der Waals surface area contributed by atoms with E-state index in [0.717, 1.165) is 11.6 Å². The van der Waals surface area contributed by atoms with Gasteiger partial charge in [0.05, 0.1) is 6.07 Å². The molecule has 0 aliphatic carbocycles. The summed E-state index contributed by atoms with van der Waals surface area (Å²) in [6, 6.07) is 11.6. The Hall–Kier alpha value is -2.61. The molecular formula is C22H29NO4. The number of esters is 2. The van der Waals surface area contributed by atoms with Crippen molar-refractivity contribution in [1.82, 2.24) is 0 Å². The summed E-state index contributed by atoms with van der Waals surface area (Å²) in [5.74, 6) is -1.28. The Bertz CT molecular complexity index is 717. The van der Waals surface area contributed by atoms with Crippen LogP contribution in [0.1, 0.15) is 53.5 Å². The van der Waals surface area contributed by atoms with Crippen molar-refractivity contribution in [1.29, 1.82) is 5.26 Å². The molecule has 5 heteroatoms. The number of hydrogen-bond donors (Lipinski definition) is 0. The van der Waals surface area contributed by atoms with Crippen LogP contribution in [0.2, 0.25) is 0 Å². The molecule has 0 fully saturated rings. The summed E-state index contributed by atoms with van der Waals surface area (Å²) in [5, 5.41) is 9.81. The number of nitriles is 1. The summed E-state index contributed by atoms with van der Waals surface area (Å²) < 4.78 is 10.7. The average molecular weight is 371 g/mol. The zero-order valence-corrected chi connectivity index (χ0v) is 17.0. The van der Waals surface area contributed by atoms with Crippen LogP contribution in [0.25, 0.3) is 0 Å². The Morgan fingerprint density at radius 1 is 1.00 bits per heavy atom. The lowest BCUT2D eigenvalue weighted by Gasteiger charge is -2.27. The number of nitrogens with zero attached hydrogens (tertiary/aromatic N) is 1. The predicted octanol–water partition coefficient (Wildman–Crippen LogP) is 4.37. The lowest BCUT2D eigenvalue weighted by Crippen LogP contribution is -2.36. The van der Waals surface area contributed by atoms with Gasteiger partial charge in [0.2, 0.25) is 0 Å². The van der Waals surface area contributed by atoms with E-state index in [4.69, 9.17) is 9.47 Å². The molecule has 0 spiro atoms. The van der Waals surface area contributed by atoms with Gasteiger partial charge >= 0.3 is 11.9 Å². The Morgan fingerprint density at radius 2 is 1.56 bits per heavy atom. The van der Waals surface area contributed by atoms with Crippen LogP contribution in [0.3, 0.4) is 0 Å². The van der Waals surface area contributed by atoms with E-state index in [1.165, 1.54) is 6.08 Å². The monoisotopic (exact) mass is 371 g/mol. The molecule has 0 heterocycles. The van der Waals surface area contributed by atoms with E-state index in [1.54, 1.807) is 41.5 Å². The Balaban J connectivity index is 3.10. The maximum Gasteiger partial charge on any atom is 0.331 e. The molecule has 1 unspecified atom stereocenters. The molecule has 0 aliphatic rings. The standard InChI is InChI=1S/C22H29NO4/c1-20(2,3)26-18(24)13-15-22(16-23,19(25)27-21(4,5)6)14-12-17-10-8-7-9-11-17/h7-11,13,15H,12,14H2,1-6H3/b15-13-. The second kappa shape index (κ2) is 8.85. The maximum absolute atomic E-state index is 12.8. The van der Waals surface area contributed by atoms with Crippen LogP contribution < -0.4 is 0 Å². The van der Waals surface area contributed by atoms with Gasteiger partial charge in [-0.05, 0) is 66.0 Å². The van der Waals surface area contributed by atoms with Gasteiger partial charge in [0.1, 0.15) is 11.2 Å². The highest BCUT2D eigenvalue weighted by atomic mass is 16.6. The van der Waals surface area contributed by atoms with Gasteiger partial charge < -0.3 is 9.47 Å². The third-order valence-electron chi connectivity index (χ3n) is 3.52. The number of hydrogen-bond acceptors (Lipinski definition) is 5. The van der Waals surface area contributed by atoms with E-state index in [1.807, 2.05) is 30.3 Å². The Morgan fingerprint density at radius 3 is 2.04 bits per heavy atom. The molecule has 0 N–H and O–H groups in total. The third kappa shape index (κ3) is 8.08. The SMILES string of the molecule is CC(C)(C)OC(=O)/C=C\C(C#N)(CCc1ccccc1)C(=O)OC(C)(C)C. The summed E-state index contributed by atoms with van der Waals surface area (Å²) in [6.45, 7) is 10.5. The van der Waals surface area contributed by atoms with E-state index in [-0.39, 0.29) is 6.42 Å². The molecule has 0 radical (unpaired) electrons. The normalized spacial score (nSPS) is 14.3. The van der Waals surface area contributed by atoms with Gasteiger partial charge in [-0.15, -0.1) is 0 Å². The van der Waals surface area contributed by atoms with E-state index in [2.05, 4.69) is 6.07 Å². The lowest BCUT2D eigenvalue weighted by atomic mass is 9.82. The zero-order chi connectivity index (χ0) is 20.7. The molecule has 5 nitrogen and oxygen atoms in total. The van der Waals surface area contributed by atoms with E-state index < -0.39 is 28.6 Å². The second-order valence-electron chi connectivity index (χ2n) is 8.44. The Labute approximate surface area is 162 Å². The van der Waals surface area contributed by atoms with Gasteiger partial charge in [-0.3, -0.25) is 0 Å². The highest BCUT2D eigenvalue weighted by molar-refractivity contribution is 5.87. The van der Waals surface area contributed by atoms with Crippen molar-refractivity contribution in [3.8, 4) is 6.07 Å². The van der Waals surface area contributed by atoms with Crippen molar-refractivity contribution < 1.29 is 19.1 Å². The lowest BCUT2D eigenvalue weighted by molar-refractivity contribution is -0.161. The molecule has 0 aromatic heterocycles. The van der Waals surface area contributed by atoms with Crippen LogP contribution in [-0.4, -0.2) is 23.1 Å². The molecule has 1 aromatic carbocycles. The second-order valence-corrected chi connectivity index (χ2v) is 8.44. The van der Waals surface area contributed by atoms with Gasteiger partial charge in [-0.25, -0.2) is 9.59 Å². The van der Waals surface area contributed by atoms with Crippen LogP contribution in [0.15, 0.2) is 42.5 Å². The van der Waals surface area contributed by atoms with Crippen molar-refractivity contribution in [2.75, 3.05) is 0 Å². The number of aryl methyl sites for hydroxylation is 1. The number of ether oxygens (including phenoxy) is 2. The van der Waals surface area contributed by atoms with Crippen molar-refractivity contribution in [3.63, 3.8) is 0 Å². The average Bonchev–Trinajstić information content (AvgIpc) is 2.53. The van der Waals surface area contributed by atoms with Crippen LogP contribution >= 0.6 is 0 Å². The van der Waals surface area contributed by atoms with E-state index >= 15 is 0 Å². The van der Waals surface area contributed by atoms with Gasteiger partial charge in [0.15, 0.2) is 5.41 Å². The summed E-state index contributed by atoms with van der Waals surface area (Å²) in [6.07, 6.45) is 3.13. The first-order valence-corrected chi connectivity index (χ1v) is 8.98. The fraction of sp³-hybridized carbons (Fsp3) is 0.500. The van der Waals surface area contributed by atoms with Crippen LogP contribution in [-0.2, 0) is 25.5 Å². The molecule has 1 rings (SSSR count). The van der Waals surface area contributed by atoms with Gasteiger partial charge in [0.25, 0.3) is 0 Å². The third-order valence-corrected chi connectivity index (χ3v) is 3.52. The molecule has 0 saturated carbocycles. The van der Waals surface area contributed by atoms with Crippen molar-refractivity contribution in [2.45, 2.75) is 65.6 Å². The first-order valence-electron chi connectivity index (χ1n) is 8.98. The first kappa shape index (κ1) is 22.4. The largest absolute Gasteiger partial charge is 0.459 e. The molecule has 1 atom stereocenters. The Kier molecular flexibility index (Phi) is 7.36. The molecule has 27 heavy (non-hydrogen) atoms. The fourth-order valence-corrected chi connectivity index (χ4v) is 2.29. The minimum atomic E-state index is -1.57. The zero-order valence-electron chi connectivity index (χ0n) is 17.0. The van der Waals surface area contributed by atoms with Crippen LogP contribution in [0, 0.1) is 16.7 Å². The minimum Gasteiger partial charge on any atom is -0.459 e. The van der Waals surface area contributed by atoms with Gasteiger partial charge in [0, 0.05) is 6.08 Å². The topological polar surface area (TPSA) is 76.4 Å². The number of carbonyl (C=O) groups is 2. The predicted molar refractivity (Wildman–Crippen MR) is 104 cm³/mol. The molecule has 146 valence electrons. The minimum absolute atomic E-state index is 0.196. The van der Waals surface area contributed by atoms with Crippen molar-refractivity contribution in [3.05, 3.63) is 48.0 Å². The van der Waals surface area contributed by atoms with E-state index in [0.29, 0.717) is 6.42 Å². The van der Waals surface area contributed by atoms with Gasteiger partial charge in [-0.2, -0.15) is 5.26 Å². The summed E-state index contributed by atoms with van der Waals surface area (Å²) >= 11 is 0. The molecule has 0 bridgehead atoms. The van der Waals surface area contributed by atoms with Crippen molar-refractivity contribution >= 4 is 11.9 Å². The number of carbonyl (C=O) groups excluding carboxylic acids is 2. The smallest absolute Gasteiger partial charge is 0.331 e. The van der Waals surface area contributed by atoms with Crippen molar-refractivity contribution in [2.24, 2.45) is 5.41 Å². The molecule has 0 amide bonds. The summed E-state index contributed by atoms with van der Waals surface area (Å²) in [5.41, 5.74) is -1.98. The number of benzene rings is 1. The maximum atomic E-state index is 12.8. The van der Waals surface area contributed by atoms with E-state index in [9.17, 15) is 14.9 Å². The number of rotatable bonds is 6.